The van der Waals surface area contributed by atoms with E-state index >= 15 is 0 Å². The van der Waals surface area contributed by atoms with Gasteiger partial charge in [-0.1, -0.05) is 42.5 Å². The topological polar surface area (TPSA) is 119 Å². The van der Waals surface area contributed by atoms with Gasteiger partial charge in [0.25, 0.3) is 5.91 Å². The fourth-order valence-electron chi connectivity index (χ4n) is 4.49. The van der Waals surface area contributed by atoms with Crippen molar-refractivity contribution in [2.24, 2.45) is 11.8 Å². The quantitative estimate of drug-likeness (QED) is 0.343. The second kappa shape index (κ2) is 11.0. The SMILES string of the molecule is COC(=O)c1ccc(NC(=O)COC(=O)[C@@H](Cc2ccccc2)N2C(=O)[C@H]3CC=CC[C@H]3C2=O)cc1. The lowest BCUT2D eigenvalue weighted by atomic mass is 9.85. The summed E-state index contributed by atoms with van der Waals surface area (Å²) in [6.07, 6.45) is 4.75. The Kier molecular flexibility index (Phi) is 7.58. The third-order valence-electron chi connectivity index (χ3n) is 6.33. The number of nitrogens with one attached hydrogen (secondary N) is 1. The summed E-state index contributed by atoms with van der Waals surface area (Å²) >= 11 is 0. The molecule has 0 aromatic heterocycles. The maximum absolute atomic E-state index is 13.1. The van der Waals surface area contributed by atoms with Crippen LogP contribution >= 0.6 is 0 Å². The Morgan fingerprint density at radius 1 is 0.944 bits per heavy atom. The van der Waals surface area contributed by atoms with Gasteiger partial charge >= 0.3 is 11.9 Å². The number of allylic oxidation sites excluding steroid dienone is 2. The molecule has 0 bridgehead atoms. The minimum Gasteiger partial charge on any atom is -0.465 e. The summed E-state index contributed by atoms with van der Waals surface area (Å²) in [6, 6.07) is 13.8. The number of carbonyl (C=O) groups is 5. The Labute approximate surface area is 208 Å². The van der Waals surface area contributed by atoms with E-state index in [9.17, 15) is 24.0 Å². The van der Waals surface area contributed by atoms with E-state index in [1.54, 1.807) is 24.3 Å². The lowest BCUT2D eigenvalue weighted by molar-refractivity contribution is -0.159. The van der Waals surface area contributed by atoms with Gasteiger partial charge in [-0.2, -0.15) is 0 Å². The molecule has 2 aromatic carbocycles. The zero-order valence-corrected chi connectivity index (χ0v) is 19.7. The average Bonchev–Trinajstić information content (AvgIpc) is 3.16. The molecule has 1 aliphatic heterocycles. The Bertz CT molecular complexity index is 1160. The van der Waals surface area contributed by atoms with Gasteiger partial charge in [0, 0.05) is 12.1 Å². The molecule has 0 saturated carbocycles. The molecule has 36 heavy (non-hydrogen) atoms. The third-order valence-corrected chi connectivity index (χ3v) is 6.33. The summed E-state index contributed by atoms with van der Waals surface area (Å²) in [6.45, 7) is -0.604. The van der Waals surface area contributed by atoms with E-state index in [-0.39, 0.29) is 18.2 Å². The van der Waals surface area contributed by atoms with Crippen LogP contribution in [0.5, 0.6) is 0 Å². The van der Waals surface area contributed by atoms with Crippen molar-refractivity contribution in [1.29, 1.82) is 0 Å². The zero-order chi connectivity index (χ0) is 25.7. The van der Waals surface area contributed by atoms with Crippen molar-refractivity contribution in [2.45, 2.75) is 25.3 Å². The first-order valence-corrected chi connectivity index (χ1v) is 11.6. The van der Waals surface area contributed by atoms with Crippen LogP contribution in [0.25, 0.3) is 0 Å². The molecule has 186 valence electrons. The summed E-state index contributed by atoms with van der Waals surface area (Å²) in [5, 5.41) is 2.57. The van der Waals surface area contributed by atoms with Crippen LogP contribution in [-0.2, 0) is 35.1 Å². The van der Waals surface area contributed by atoms with E-state index in [0.29, 0.717) is 24.1 Å². The molecular formula is C27H26N2O7. The Balaban J connectivity index is 1.44. The monoisotopic (exact) mass is 490 g/mol. The number of carbonyl (C=O) groups excluding carboxylic acids is 5. The predicted octanol–water partition coefficient (Wildman–Crippen LogP) is 2.52. The van der Waals surface area contributed by atoms with Crippen molar-refractivity contribution in [3.63, 3.8) is 0 Å². The zero-order valence-electron chi connectivity index (χ0n) is 19.7. The summed E-state index contributed by atoms with van der Waals surface area (Å²) in [5.74, 6) is -3.68. The average molecular weight is 491 g/mol. The Hall–Kier alpha value is -4.27. The summed E-state index contributed by atoms with van der Waals surface area (Å²) in [5.41, 5.74) is 1.47. The maximum atomic E-state index is 13.1. The third kappa shape index (κ3) is 5.35. The maximum Gasteiger partial charge on any atom is 0.337 e. The number of rotatable bonds is 8. The van der Waals surface area contributed by atoms with Crippen molar-refractivity contribution in [3.05, 3.63) is 77.9 Å². The highest BCUT2D eigenvalue weighted by Crippen LogP contribution is 2.36. The summed E-state index contributed by atoms with van der Waals surface area (Å²) < 4.78 is 9.90. The Morgan fingerprint density at radius 2 is 1.56 bits per heavy atom. The van der Waals surface area contributed by atoms with Crippen LogP contribution in [0.3, 0.4) is 0 Å². The van der Waals surface area contributed by atoms with Crippen LogP contribution in [-0.4, -0.2) is 54.3 Å². The summed E-state index contributed by atoms with van der Waals surface area (Å²) in [7, 11) is 1.27. The number of fused-ring (bicyclic) bond motifs is 1. The van der Waals surface area contributed by atoms with E-state index in [4.69, 9.17) is 4.74 Å². The van der Waals surface area contributed by atoms with Crippen molar-refractivity contribution >= 4 is 35.3 Å². The molecular weight excluding hydrogens is 464 g/mol. The second-order valence-corrected chi connectivity index (χ2v) is 8.63. The molecule has 2 aromatic rings. The number of hydrogen-bond donors (Lipinski definition) is 1. The fourth-order valence-corrected chi connectivity index (χ4v) is 4.49. The molecule has 1 fully saturated rings. The number of imide groups is 1. The van der Waals surface area contributed by atoms with Gasteiger partial charge in [0.05, 0.1) is 24.5 Å². The van der Waals surface area contributed by atoms with Gasteiger partial charge in [-0.05, 0) is 42.7 Å². The van der Waals surface area contributed by atoms with Crippen molar-refractivity contribution in [2.75, 3.05) is 19.0 Å². The highest BCUT2D eigenvalue weighted by atomic mass is 16.5. The van der Waals surface area contributed by atoms with Gasteiger partial charge in [0.2, 0.25) is 11.8 Å². The number of ether oxygens (including phenoxy) is 2. The summed E-state index contributed by atoms with van der Waals surface area (Å²) in [4.78, 5) is 64.3. The van der Waals surface area contributed by atoms with Crippen molar-refractivity contribution in [3.8, 4) is 0 Å². The highest BCUT2D eigenvalue weighted by Gasteiger charge is 2.51. The number of likely N-dealkylation sites (tertiary alicyclic amines) is 1. The standard InChI is InChI=1S/C27H26N2O7/c1-35-26(33)18-11-13-19(14-12-18)28-23(30)16-36-27(34)22(15-17-7-3-2-4-8-17)29-24(31)20-9-5-6-10-21(20)25(29)32/h2-8,11-14,20-22H,9-10,15-16H2,1H3,(H,28,30)/t20-,21+,22-/m1/s1. The molecule has 0 spiro atoms. The van der Waals surface area contributed by atoms with E-state index in [1.807, 2.05) is 18.2 Å². The number of hydrogen-bond acceptors (Lipinski definition) is 7. The van der Waals surface area contributed by atoms with Gasteiger partial charge in [-0.25, -0.2) is 9.59 Å². The van der Waals surface area contributed by atoms with Crippen molar-refractivity contribution in [1.82, 2.24) is 4.90 Å². The molecule has 3 atom stereocenters. The molecule has 2 aliphatic rings. The Morgan fingerprint density at radius 3 is 2.14 bits per heavy atom. The molecule has 0 unspecified atom stereocenters. The molecule has 3 amide bonds. The van der Waals surface area contributed by atoms with E-state index in [2.05, 4.69) is 10.1 Å². The lowest BCUT2D eigenvalue weighted by Crippen LogP contribution is -2.48. The minimum atomic E-state index is -1.18. The molecule has 1 saturated heterocycles. The van der Waals surface area contributed by atoms with Crippen LogP contribution in [0.1, 0.15) is 28.8 Å². The number of benzene rings is 2. The van der Waals surface area contributed by atoms with Gasteiger partial charge in [0.1, 0.15) is 6.04 Å². The molecule has 0 radical (unpaired) electrons. The smallest absolute Gasteiger partial charge is 0.337 e. The van der Waals surface area contributed by atoms with E-state index < -0.39 is 42.3 Å². The number of amides is 3. The number of anilines is 1. The van der Waals surface area contributed by atoms with Gasteiger partial charge in [-0.3, -0.25) is 19.3 Å². The molecule has 1 aliphatic carbocycles. The van der Waals surface area contributed by atoms with E-state index in [1.165, 1.54) is 31.4 Å². The van der Waals surface area contributed by atoms with Gasteiger partial charge in [0.15, 0.2) is 6.61 Å². The fraction of sp³-hybridized carbons (Fsp3) is 0.296. The number of esters is 2. The van der Waals surface area contributed by atoms with Gasteiger partial charge in [-0.15, -0.1) is 0 Å². The van der Waals surface area contributed by atoms with Gasteiger partial charge < -0.3 is 14.8 Å². The van der Waals surface area contributed by atoms with Crippen molar-refractivity contribution < 1.29 is 33.4 Å². The first-order valence-electron chi connectivity index (χ1n) is 11.6. The first kappa shape index (κ1) is 24.8. The predicted molar refractivity (Wildman–Crippen MR) is 129 cm³/mol. The van der Waals surface area contributed by atoms with E-state index in [0.717, 1.165) is 10.5 Å². The lowest BCUT2D eigenvalue weighted by Gasteiger charge is -2.25. The molecule has 1 N–H and O–H groups in total. The van der Waals surface area contributed by atoms with Crippen LogP contribution in [0.2, 0.25) is 0 Å². The number of methoxy groups -OCH3 is 1. The number of nitrogens with zero attached hydrogens (tertiary/aromatic N) is 1. The highest BCUT2D eigenvalue weighted by molar-refractivity contribution is 6.08. The molecule has 1 heterocycles. The molecule has 4 rings (SSSR count). The molecule has 9 heteroatoms. The first-order chi connectivity index (χ1) is 17.4. The normalized spacial score (nSPS) is 19.4. The second-order valence-electron chi connectivity index (χ2n) is 8.63. The molecule has 9 nitrogen and oxygen atoms in total. The van der Waals surface area contributed by atoms with Crippen LogP contribution in [0.15, 0.2) is 66.7 Å². The largest absolute Gasteiger partial charge is 0.465 e. The minimum absolute atomic E-state index is 0.0840. The van der Waals surface area contributed by atoms with Crippen LogP contribution in [0.4, 0.5) is 5.69 Å². The van der Waals surface area contributed by atoms with Crippen LogP contribution < -0.4 is 5.32 Å². The van der Waals surface area contributed by atoms with Crippen LogP contribution in [0, 0.1) is 11.8 Å².